The lowest BCUT2D eigenvalue weighted by Crippen LogP contribution is -2.09. The highest BCUT2D eigenvalue weighted by molar-refractivity contribution is 5.72. The van der Waals surface area contributed by atoms with Crippen molar-refractivity contribution < 1.29 is 19.0 Å². The molecule has 0 heterocycles. The third-order valence-corrected chi connectivity index (χ3v) is 2.83. The summed E-state index contributed by atoms with van der Waals surface area (Å²) in [7, 11) is 1.62. The van der Waals surface area contributed by atoms with E-state index >= 15 is 0 Å². The van der Waals surface area contributed by atoms with Gasteiger partial charge in [-0.2, -0.15) is 0 Å². The topological polar surface area (TPSA) is 44.8 Å². The van der Waals surface area contributed by atoms with Gasteiger partial charge in [-0.05, 0) is 42.8 Å². The van der Waals surface area contributed by atoms with E-state index in [-0.39, 0.29) is 5.97 Å². The Kier molecular flexibility index (Phi) is 5.64. The van der Waals surface area contributed by atoms with Crippen LogP contribution in [-0.4, -0.2) is 19.7 Å². The van der Waals surface area contributed by atoms with Crippen LogP contribution < -0.4 is 14.2 Å². The zero-order chi connectivity index (χ0) is 14.9. The van der Waals surface area contributed by atoms with Crippen molar-refractivity contribution >= 4 is 5.97 Å². The number of carbonyl (C=O) groups is 1. The molecule has 0 aromatic heterocycles. The molecule has 0 aliphatic heterocycles. The van der Waals surface area contributed by atoms with Gasteiger partial charge in [0.2, 0.25) is 0 Å². The Morgan fingerprint density at radius 2 is 1.57 bits per heavy atom. The molecule has 2 aromatic rings. The highest BCUT2D eigenvalue weighted by Gasteiger charge is 2.04. The molecule has 0 spiro atoms. The van der Waals surface area contributed by atoms with Gasteiger partial charge in [0.15, 0.2) is 0 Å². The summed E-state index contributed by atoms with van der Waals surface area (Å²) in [4.78, 5) is 11.6. The zero-order valence-corrected chi connectivity index (χ0v) is 12.0. The maximum absolute atomic E-state index is 11.6. The third kappa shape index (κ3) is 5.18. The first kappa shape index (κ1) is 14.9. The lowest BCUT2D eigenvalue weighted by Gasteiger charge is -2.07. The van der Waals surface area contributed by atoms with Gasteiger partial charge in [0.1, 0.15) is 17.2 Å². The van der Waals surface area contributed by atoms with Crippen LogP contribution in [0.1, 0.15) is 12.8 Å². The molecule has 4 nitrogen and oxygen atoms in total. The Balaban J connectivity index is 1.66. The van der Waals surface area contributed by atoms with Crippen molar-refractivity contribution in [3.8, 4) is 17.2 Å². The van der Waals surface area contributed by atoms with Crippen LogP contribution in [0, 0.1) is 0 Å². The Hall–Kier alpha value is -2.49. The monoisotopic (exact) mass is 286 g/mol. The predicted molar refractivity (Wildman–Crippen MR) is 79.8 cm³/mol. The molecule has 4 heteroatoms. The fraction of sp³-hybridized carbons (Fsp3) is 0.235. The van der Waals surface area contributed by atoms with Crippen molar-refractivity contribution in [3.63, 3.8) is 0 Å². The van der Waals surface area contributed by atoms with E-state index in [4.69, 9.17) is 14.2 Å². The number of rotatable bonds is 7. The normalized spacial score (nSPS) is 9.95. The summed E-state index contributed by atoms with van der Waals surface area (Å²) in [6, 6.07) is 16.4. The van der Waals surface area contributed by atoms with Gasteiger partial charge in [0.05, 0.1) is 13.7 Å². The minimum absolute atomic E-state index is 0.250. The minimum Gasteiger partial charge on any atom is -0.497 e. The molecular formula is C17H18O4. The van der Waals surface area contributed by atoms with E-state index < -0.39 is 0 Å². The smallest absolute Gasteiger partial charge is 0.311 e. The summed E-state index contributed by atoms with van der Waals surface area (Å²) < 4.78 is 15.8. The molecule has 0 bridgehead atoms. The fourth-order valence-corrected chi connectivity index (χ4v) is 1.75. The summed E-state index contributed by atoms with van der Waals surface area (Å²) in [6.07, 6.45) is 0.933. The summed E-state index contributed by atoms with van der Waals surface area (Å²) in [5.41, 5.74) is 0. The lowest BCUT2D eigenvalue weighted by atomic mass is 10.3. The van der Waals surface area contributed by atoms with Crippen LogP contribution >= 0.6 is 0 Å². The molecule has 0 aliphatic rings. The highest BCUT2D eigenvalue weighted by Crippen LogP contribution is 2.17. The number of esters is 1. The average Bonchev–Trinajstić information content (AvgIpc) is 2.53. The first-order chi connectivity index (χ1) is 10.3. The van der Waals surface area contributed by atoms with Gasteiger partial charge < -0.3 is 14.2 Å². The summed E-state index contributed by atoms with van der Waals surface area (Å²) in [5, 5.41) is 0. The second kappa shape index (κ2) is 7.94. The van der Waals surface area contributed by atoms with Crippen molar-refractivity contribution in [2.24, 2.45) is 0 Å². The van der Waals surface area contributed by atoms with E-state index in [2.05, 4.69) is 0 Å². The maximum atomic E-state index is 11.6. The van der Waals surface area contributed by atoms with E-state index in [0.29, 0.717) is 25.2 Å². The Morgan fingerprint density at radius 3 is 2.24 bits per heavy atom. The largest absolute Gasteiger partial charge is 0.497 e. The van der Waals surface area contributed by atoms with Crippen molar-refractivity contribution in [2.45, 2.75) is 12.8 Å². The number of para-hydroxylation sites is 1. The summed E-state index contributed by atoms with van der Waals surface area (Å²) >= 11 is 0. The fourth-order valence-electron chi connectivity index (χ4n) is 1.75. The molecule has 0 N–H and O–H groups in total. The zero-order valence-electron chi connectivity index (χ0n) is 12.0. The van der Waals surface area contributed by atoms with Gasteiger partial charge in [-0.25, -0.2) is 0 Å². The average molecular weight is 286 g/mol. The molecule has 0 aliphatic carbocycles. The highest BCUT2D eigenvalue weighted by atomic mass is 16.5. The molecule has 0 unspecified atom stereocenters. The van der Waals surface area contributed by atoms with E-state index in [1.165, 1.54) is 0 Å². The van der Waals surface area contributed by atoms with E-state index in [1.807, 2.05) is 42.5 Å². The van der Waals surface area contributed by atoms with Crippen LogP contribution in [0.4, 0.5) is 0 Å². The second-order valence-corrected chi connectivity index (χ2v) is 4.41. The van der Waals surface area contributed by atoms with E-state index in [0.717, 1.165) is 11.5 Å². The van der Waals surface area contributed by atoms with Crippen LogP contribution in [0.3, 0.4) is 0 Å². The summed E-state index contributed by atoms with van der Waals surface area (Å²) in [6.45, 7) is 0.468. The number of carbonyl (C=O) groups excluding carboxylic acids is 1. The standard InChI is InChI=1S/C17H18O4/c1-19-14-9-11-15(12-10-14)20-13-5-8-17(18)21-16-6-3-2-4-7-16/h2-4,6-7,9-12H,5,8,13H2,1H3. The quantitative estimate of drug-likeness (QED) is 0.444. The van der Waals surface area contributed by atoms with Gasteiger partial charge in [-0.1, -0.05) is 18.2 Å². The van der Waals surface area contributed by atoms with Crippen molar-refractivity contribution in [2.75, 3.05) is 13.7 Å². The Morgan fingerprint density at radius 1 is 0.905 bits per heavy atom. The molecule has 0 atom stereocenters. The van der Waals surface area contributed by atoms with Crippen LogP contribution in [0.5, 0.6) is 17.2 Å². The Bertz CT molecular complexity index is 549. The van der Waals surface area contributed by atoms with Crippen molar-refractivity contribution in [3.05, 3.63) is 54.6 Å². The van der Waals surface area contributed by atoms with Crippen LogP contribution in [0.25, 0.3) is 0 Å². The lowest BCUT2D eigenvalue weighted by molar-refractivity contribution is -0.134. The molecule has 0 saturated heterocycles. The molecule has 0 fully saturated rings. The van der Waals surface area contributed by atoms with Crippen LogP contribution in [0.15, 0.2) is 54.6 Å². The van der Waals surface area contributed by atoms with Gasteiger partial charge in [0, 0.05) is 6.42 Å². The molecule has 0 amide bonds. The molecular weight excluding hydrogens is 268 g/mol. The Labute approximate surface area is 124 Å². The van der Waals surface area contributed by atoms with E-state index in [1.54, 1.807) is 19.2 Å². The van der Waals surface area contributed by atoms with Crippen molar-refractivity contribution in [1.29, 1.82) is 0 Å². The minimum atomic E-state index is -0.250. The van der Waals surface area contributed by atoms with Crippen molar-refractivity contribution in [1.82, 2.24) is 0 Å². The molecule has 2 aromatic carbocycles. The summed E-state index contributed by atoms with van der Waals surface area (Å²) in [5.74, 6) is 1.86. The number of ether oxygens (including phenoxy) is 3. The molecule has 110 valence electrons. The molecule has 2 rings (SSSR count). The molecule has 0 radical (unpaired) electrons. The number of methoxy groups -OCH3 is 1. The molecule has 0 saturated carbocycles. The van der Waals surface area contributed by atoms with Gasteiger partial charge in [-0.3, -0.25) is 4.79 Å². The van der Waals surface area contributed by atoms with Crippen LogP contribution in [-0.2, 0) is 4.79 Å². The SMILES string of the molecule is COc1ccc(OCCCC(=O)Oc2ccccc2)cc1. The number of hydrogen-bond donors (Lipinski definition) is 0. The first-order valence-corrected chi connectivity index (χ1v) is 6.80. The van der Waals surface area contributed by atoms with Gasteiger partial charge in [0.25, 0.3) is 0 Å². The number of benzene rings is 2. The third-order valence-electron chi connectivity index (χ3n) is 2.83. The maximum Gasteiger partial charge on any atom is 0.311 e. The number of hydrogen-bond acceptors (Lipinski definition) is 4. The van der Waals surface area contributed by atoms with Gasteiger partial charge >= 0.3 is 5.97 Å². The molecule has 21 heavy (non-hydrogen) atoms. The first-order valence-electron chi connectivity index (χ1n) is 6.80. The van der Waals surface area contributed by atoms with E-state index in [9.17, 15) is 4.79 Å². The predicted octanol–water partition coefficient (Wildman–Crippen LogP) is 3.46. The van der Waals surface area contributed by atoms with Gasteiger partial charge in [-0.15, -0.1) is 0 Å². The van der Waals surface area contributed by atoms with Crippen LogP contribution in [0.2, 0.25) is 0 Å². The second-order valence-electron chi connectivity index (χ2n) is 4.41.